The second-order valence-corrected chi connectivity index (χ2v) is 4.27. The molecular formula is C11H19ClN4O. The summed E-state index contributed by atoms with van der Waals surface area (Å²) in [6, 6.07) is 0. The molecule has 2 rings (SSSR count). The second kappa shape index (κ2) is 7.29. The predicted molar refractivity (Wildman–Crippen MR) is 69.3 cm³/mol. The number of hydrogen-bond acceptors (Lipinski definition) is 3. The Labute approximate surface area is 107 Å². The fourth-order valence-corrected chi connectivity index (χ4v) is 2.05. The van der Waals surface area contributed by atoms with Crippen molar-refractivity contribution in [2.24, 2.45) is 5.92 Å². The number of aromatic amines is 1. The number of nitrogens with one attached hydrogen (secondary N) is 3. The van der Waals surface area contributed by atoms with Crippen molar-refractivity contribution in [2.75, 3.05) is 18.4 Å². The highest BCUT2D eigenvalue weighted by molar-refractivity contribution is 5.90. The number of hydrogen-bond donors (Lipinski definition) is 3. The minimum atomic E-state index is 0. The summed E-state index contributed by atoms with van der Waals surface area (Å²) in [5, 5.41) is 12.6. The molecule has 1 aliphatic heterocycles. The number of nitrogens with zero attached hydrogens (tertiary/aromatic N) is 1. The van der Waals surface area contributed by atoms with Crippen LogP contribution in [0, 0.1) is 5.92 Å². The summed E-state index contributed by atoms with van der Waals surface area (Å²) >= 11 is 0. The van der Waals surface area contributed by atoms with Gasteiger partial charge in [-0.2, -0.15) is 5.10 Å². The molecule has 0 saturated carbocycles. The lowest BCUT2D eigenvalue weighted by Gasteiger charge is -2.22. The molecule has 5 nitrogen and oxygen atoms in total. The van der Waals surface area contributed by atoms with E-state index in [1.165, 1.54) is 12.8 Å². The number of H-pyrrole nitrogens is 1. The SMILES string of the molecule is Cl.O=C(CCC1CCNCC1)Nc1cn[nH]c1. The number of carbonyl (C=O) groups excluding carboxylic acids is 1. The Morgan fingerprint density at radius 2 is 2.24 bits per heavy atom. The normalized spacial score (nSPS) is 16.2. The van der Waals surface area contributed by atoms with E-state index in [1.54, 1.807) is 12.4 Å². The first-order valence-corrected chi connectivity index (χ1v) is 5.84. The molecule has 0 unspecified atom stereocenters. The molecule has 0 bridgehead atoms. The highest BCUT2D eigenvalue weighted by Crippen LogP contribution is 2.18. The maximum absolute atomic E-state index is 11.6. The Balaban J connectivity index is 0.00000144. The standard InChI is InChI=1S/C11H18N4O.ClH/c16-11(15-10-7-13-14-8-10)2-1-9-3-5-12-6-4-9;/h7-9,12H,1-6H2,(H,13,14)(H,15,16);1H. The summed E-state index contributed by atoms with van der Waals surface area (Å²) in [7, 11) is 0. The fourth-order valence-electron chi connectivity index (χ4n) is 2.05. The minimum Gasteiger partial charge on any atom is -0.323 e. The molecule has 17 heavy (non-hydrogen) atoms. The lowest BCUT2D eigenvalue weighted by atomic mass is 9.93. The summed E-state index contributed by atoms with van der Waals surface area (Å²) < 4.78 is 0. The summed E-state index contributed by atoms with van der Waals surface area (Å²) in [4.78, 5) is 11.6. The van der Waals surface area contributed by atoms with Gasteiger partial charge in [-0.15, -0.1) is 12.4 Å². The maximum Gasteiger partial charge on any atom is 0.224 e. The highest BCUT2D eigenvalue weighted by Gasteiger charge is 2.14. The Morgan fingerprint density at radius 3 is 2.88 bits per heavy atom. The first kappa shape index (κ1) is 14.0. The lowest BCUT2D eigenvalue weighted by molar-refractivity contribution is -0.116. The molecular weight excluding hydrogens is 240 g/mol. The van der Waals surface area contributed by atoms with Crippen LogP contribution in [0.4, 0.5) is 5.69 Å². The fraction of sp³-hybridized carbons (Fsp3) is 0.636. The van der Waals surface area contributed by atoms with Gasteiger partial charge in [-0.05, 0) is 38.3 Å². The van der Waals surface area contributed by atoms with Crippen LogP contribution in [-0.2, 0) is 4.79 Å². The van der Waals surface area contributed by atoms with Gasteiger partial charge in [-0.1, -0.05) is 0 Å². The lowest BCUT2D eigenvalue weighted by Crippen LogP contribution is -2.28. The van der Waals surface area contributed by atoms with Crippen LogP contribution in [-0.4, -0.2) is 29.2 Å². The van der Waals surface area contributed by atoms with Gasteiger partial charge in [-0.3, -0.25) is 9.89 Å². The van der Waals surface area contributed by atoms with Crippen molar-refractivity contribution >= 4 is 24.0 Å². The van der Waals surface area contributed by atoms with E-state index in [1.807, 2.05) is 0 Å². The van der Waals surface area contributed by atoms with Gasteiger partial charge in [0.2, 0.25) is 5.91 Å². The van der Waals surface area contributed by atoms with Crippen LogP contribution in [0.1, 0.15) is 25.7 Å². The van der Waals surface area contributed by atoms with Crippen molar-refractivity contribution in [2.45, 2.75) is 25.7 Å². The van der Waals surface area contributed by atoms with E-state index in [4.69, 9.17) is 0 Å². The molecule has 1 fully saturated rings. The Kier molecular flexibility index (Phi) is 6.00. The van der Waals surface area contributed by atoms with Crippen LogP contribution in [0.2, 0.25) is 0 Å². The van der Waals surface area contributed by atoms with Gasteiger partial charge in [0.05, 0.1) is 11.9 Å². The monoisotopic (exact) mass is 258 g/mol. The summed E-state index contributed by atoms with van der Waals surface area (Å²) in [5.74, 6) is 0.788. The van der Waals surface area contributed by atoms with E-state index in [-0.39, 0.29) is 18.3 Å². The number of amides is 1. The summed E-state index contributed by atoms with van der Waals surface area (Å²) in [6.45, 7) is 2.18. The van der Waals surface area contributed by atoms with E-state index in [2.05, 4.69) is 20.8 Å². The second-order valence-electron chi connectivity index (χ2n) is 4.27. The van der Waals surface area contributed by atoms with Gasteiger partial charge in [-0.25, -0.2) is 0 Å². The molecule has 1 amide bonds. The third-order valence-electron chi connectivity index (χ3n) is 3.02. The van der Waals surface area contributed by atoms with Crippen LogP contribution in [0.25, 0.3) is 0 Å². The molecule has 1 aromatic rings. The van der Waals surface area contributed by atoms with Crippen molar-refractivity contribution in [1.29, 1.82) is 0 Å². The molecule has 0 aliphatic carbocycles. The highest BCUT2D eigenvalue weighted by atomic mass is 35.5. The third-order valence-corrected chi connectivity index (χ3v) is 3.02. The molecule has 1 saturated heterocycles. The molecule has 1 aromatic heterocycles. The van der Waals surface area contributed by atoms with Gasteiger partial charge in [0, 0.05) is 12.6 Å². The zero-order valence-electron chi connectivity index (χ0n) is 9.74. The average Bonchev–Trinajstić information content (AvgIpc) is 2.81. The minimum absolute atomic E-state index is 0. The van der Waals surface area contributed by atoms with Crippen molar-refractivity contribution in [3.05, 3.63) is 12.4 Å². The van der Waals surface area contributed by atoms with Crippen molar-refractivity contribution in [3.63, 3.8) is 0 Å². The van der Waals surface area contributed by atoms with Crippen LogP contribution in [0.5, 0.6) is 0 Å². The maximum atomic E-state index is 11.6. The van der Waals surface area contributed by atoms with Crippen molar-refractivity contribution < 1.29 is 4.79 Å². The number of piperidine rings is 1. The van der Waals surface area contributed by atoms with E-state index >= 15 is 0 Å². The van der Waals surface area contributed by atoms with E-state index < -0.39 is 0 Å². The molecule has 3 N–H and O–H groups in total. The number of aromatic nitrogens is 2. The smallest absolute Gasteiger partial charge is 0.224 e. The summed E-state index contributed by atoms with van der Waals surface area (Å²) in [5.41, 5.74) is 0.746. The third kappa shape index (κ3) is 4.75. The Morgan fingerprint density at radius 1 is 1.47 bits per heavy atom. The van der Waals surface area contributed by atoms with Crippen LogP contribution in [0.3, 0.4) is 0 Å². The van der Waals surface area contributed by atoms with Crippen molar-refractivity contribution in [1.82, 2.24) is 15.5 Å². The predicted octanol–water partition coefficient (Wildman–Crippen LogP) is 1.55. The topological polar surface area (TPSA) is 69.8 Å². The zero-order valence-corrected chi connectivity index (χ0v) is 10.6. The molecule has 0 atom stereocenters. The van der Waals surface area contributed by atoms with Crippen LogP contribution < -0.4 is 10.6 Å². The molecule has 0 spiro atoms. The van der Waals surface area contributed by atoms with Crippen molar-refractivity contribution in [3.8, 4) is 0 Å². The molecule has 2 heterocycles. The van der Waals surface area contributed by atoms with Gasteiger partial charge in [0.1, 0.15) is 0 Å². The molecule has 6 heteroatoms. The van der Waals surface area contributed by atoms with Crippen LogP contribution >= 0.6 is 12.4 Å². The molecule has 0 radical (unpaired) electrons. The number of carbonyl (C=O) groups is 1. The number of halogens is 1. The largest absolute Gasteiger partial charge is 0.323 e. The van der Waals surface area contributed by atoms with Crippen LogP contribution in [0.15, 0.2) is 12.4 Å². The van der Waals surface area contributed by atoms with Gasteiger partial charge in [0.25, 0.3) is 0 Å². The summed E-state index contributed by atoms with van der Waals surface area (Å²) in [6.07, 6.45) is 7.28. The average molecular weight is 259 g/mol. The first-order valence-electron chi connectivity index (χ1n) is 5.84. The number of rotatable bonds is 4. The quantitative estimate of drug-likeness (QED) is 0.768. The van der Waals surface area contributed by atoms with E-state index in [9.17, 15) is 4.79 Å². The van der Waals surface area contributed by atoms with Gasteiger partial charge >= 0.3 is 0 Å². The molecule has 0 aromatic carbocycles. The van der Waals surface area contributed by atoms with Gasteiger partial charge in [0.15, 0.2) is 0 Å². The molecule has 96 valence electrons. The molecule has 1 aliphatic rings. The first-order chi connectivity index (χ1) is 7.84. The Bertz CT molecular complexity index is 322. The van der Waals surface area contributed by atoms with E-state index in [0.29, 0.717) is 12.3 Å². The van der Waals surface area contributed by atoms with Gasteiger partial charge < -0.3 is 10.6 Å². The Hall–Kier alpha value is -1.07. The van der Waals surface area contributed by atoms with E-state index in [0.717, 1.165) is 25.2 Å². The zero-order chi connectivity index (χ0) is 11.2. The number of anilines is 1.